The van der Waals surface area contributed by atoms with Crippen LogP contribution >= 0.6 is 0 Å². The number of hydrogen-bond donors (Lipinski definition) is 2. The van der Waals surface area contributed by atoms with Crippen LogP contribution < -0.4 is 11.5 Å². The summed E-state index contributed by atoms with van der Waals surface area (Å²) in [4.78, 5) is 11.8. The van der Waals surface area contributed by atoms with E-state index < -0.39 is 5.41 Å². The summed E-state index contributed by atoms with van der Waals surface area (Å²) in [6.45, 7) is 8.03. The third-order valence-electron chi connectivity index (χ3n) is 7.30. The van der Waals surface area contributed by atoms with Crippen LogP contribution in [0.5, 0.6) is 0 Å². The van der Waals surface area contributed by atoms with E-state index in [4.69, 9.17) is 11.5 Å². The van der Waals surface area contributed by atoms with Crippen molar-refractivity contribution in [1.82, 2.24) is 0 Å². The van der Waals surface area contributed by atoms with Crippen LogP contribution in [0.1, 0.15) is 44.5 Å². The summed E-state index contributed by atoms with van der Waals surface area (Å²) >= 11 is 0. The van der Waals surface area contributed by atoms with Crippen LogP contribution in [0.4, 0.5) is 17.1 Å². The predicted octanol–water partition coefficient (Wildman–Crippen LogP) is 6.36. The highest BCUT2D eigenvalue weighted by molar-refractivity contribution is 5.91. The van der Waals surface area contributed by atoms with E-state index in [-0.39, 0.29) is 10.6 Å². The molecular formula is C29H27N3O2. The van der Waals surface area contributed by atoms with Gasteiger partial charge in [-0.15, -0.1) is 0 Å². The SMILES string of the molecule is Cc1cc(C2(c3cc(C)c(N)c(C)c3)c3ccccc3-c3c([N+](=O)[O-])cccc32)cc(C)c1N. The first-order valence-corrected chi connectivity index (χ1v) is 11.3. The van der Waals surface area contributed by atoms with Crippen LogP contribution in [0, 0.1) is 37.8 Å². The molecule has 0 atom stereocenters. The highest BCUT2D eigenvalue weighted by Gasteiger charge is 2.48. The molecule has 4 N–H and O–H groups in total. The van der Waals surface area contributed by atoms with Gasteiger partial charge in [0.15, 0.2) is 0 Å². The van der Waals surface area contributed by atoms with E-state index in [0.29, 0.717) is 5.56 Å². The van der Waals surface area contributed by atoms with Gasteiger partial charge >= 0.3 is 0 Å². The van der Waals surface area contributed by atoms with E-state index in [9.17, 15) is 10.1 Å². The van der Waals surface area contributed by atoms with E-state index in [2.05, 4.69) is 30.3 Å². The lowest BCUT2D eigenvalue weighted by molar-refractivity contribution is -0.384. The maximum atomic E-state index is 12.1. The third-order valence-corrected chi connectivity index (χ3v) is 7.30. The molecule has 0 heterocycles. The number of nitrogens with two attached hydrogens (primary N) is 2. The molecule has 34 heavy (non-hydrogen) atoms. The van der Waals surface area contributed by atoms with Gasteiger partial charge in [-0.05, 0) is 77.8 Å². The summed E-state index contributed by atoms with van der Waals surface area (Å²) in [5.74, 6) is 0. The summed E-state index contributed by atoms with van der Waals surface area (Å²) < 4.78 is 0. The van der Waals surface area contributed by atoms with Crippen molar-refractivity contribution in [2.75, 3.05) is 11.5 Å². The molecule has 5 heteroatoms. The first-order valence-electron chi connectivity index (χ1n) is 11.3. The number of nitro groups is 1. The minimum Gasteiger partial charge on any atom is -0.398 e. The number of fused-ring (bicyclic) bond motifs is 3. The van der Waals surface area contributed by atoms with Gasteiger partial charge in [-0.2, -0.15) is 0 Å². The standard InChI is InChI=1S/C29H27N3O2/c1-16-12-20(13-17(2)27(16)30)29(21-14-18(3)28(31)19(4)15-21)23-9-6-5-8-22(23)26-24(29)10-7-11-25(26)32(33)34/h5-15H,30-31H2,1-4H3. The Morgan fingerprint density at radius 1 is 0.706 bits per heavy atom. The number of anilines is 2. The van der Waals surface area contributed by atoms with E-state index in [1.807, 2.05) is 52.0 Å². The molecular weight excluding hydrogens is 422 g/mol. The fourth-order valence-corrected chi connectivity index (χ4v) is 5.63. The lowest BCUT2D eigenvalue weighted by Crippen LogP contribution is -2.29. The van der Waals surface area contributed by atoms with Gasteiger partial charge in [0.25, 0.3) is 5.69 Å². The van der Waals surface area contributed by atoms with Gasteiger partial charge in [0.1, 0.15) is 0 Å². The second kappa shape index (κ2) is 7.45. The van der Waals surface area contributed by atoms with Crippen molar-refractivity contribution < 1.29 is 4.92 Å². The molecule has 170 valence electrons. The number of benzene rings is 4. The zero-order valence-electron chi connectivity index (χ0n) is 19.8. The molecule has 5 rings (SSSR count). The fraction of sp³-hybridized carbons (Fsp3) is 0.172. The van der Waals surface area contributed by atoms with Crippen molar-refractivity contribution in [1.29, 1.82) is 0 Å². The lowest BCUT2D eigenvalue weighted by Gasteiger charge is -2.35. The molecule has 0 aliphatic heterocycles. The van der Waals surface area contributed by atoms with Gasteiger partial charge in [0.2, 0.25) is 0 Å². The van der Waals surface area contributed by atoms with Crippen molar-refractivity contribution in [3.63, 3.8) is 0 Å². The second-order valence-electron chi connectivity index (χ2n) is 9.30. The van der Waals surface area contributed by atoms with E-state index in [1.54, 1.807) is 12.1 Å². The normalized spacial score (nSPS) is 13.4. The van der Waals surface area contributed by atoms with Gasteiger partial charge in [-0.25, -0.2) is 0 Å². The first-order chi connectivity index (χ1) is 16.2. The van der Waals surface area contributed by atoms with Crippen LogP contribution in [0.25, 0.3) is 11.1 Å². The van der Waals surface area contributed by atoms with Crippen molar-refractivity contribution in [2.45, 2.75) is 33.1 Å². The molecule has 0 saturated heterocycles. The molecule has 0 bridgehead atoms. The van der Waals surface area contributed by atoms with E-state index in [1.165, 1.54) is 0 Å². The molecule has 0 fully saturated rings. The van der Waals surface area contributed by atoms with Crippen LogP contribution in [-0.2, 0) is 5.41 Å². The average molecular weight is 450 g/mol. The van der Waals surface area contributed by atoms with Gasteiger partial charge in [0.05, 0.1) is 15.9 Å². The van der Waals surface area contributed by atoms with Gasteiger partial charge < -0.3 is 11.5 Å². The Morgan fingerprint density at radius 2 is 1.18 bits per heavy atom. The highest BCUT2D eigenvalue weighted by atomic mass is 16.6. The van der Waals surface area contributed by atoms with E-state index >= 15 is 0 Å². The van der Waals surface area contributed by atoms with Gasteiger partial charge in [0, 0.05) is 17.4 Å². The Kier molecular flexibility index (Phi) is 4.76. The molecule has 0 aromatic heterocycles. The maximum absolute atomic E-state index is 12.1. The summed E-state index contributed by atoms with van der Waals surface area (Å²) in [5, 5.41) is 12.1. The van der Waals surface area contributed by atoms with Crippen LogP contribution in [0.15, 0.2) is 66.7 Å². The fourth-order valence-electron chi connectivity index (χ4n) is 5.63. The Balaban J connectivity index is 2.04. The molecule has 4 aromatic carbocycles. The zero-order valence-corrected chi connectivity index (χ0v) is 19.8. The first kappa shape index (κ1) is 21.7. The molecule has 0 saturated carbocycles. The molecule has 0 unspecified atom stereocenters. The van der Waals surface area contributed by atoms with Crippen LogP contribution in [-0.4, -0.2) is 4.92 Å². The number of nitrogens with zero attached hydrogens (tertiary/aromatic N) is 1. The second-order valence-corrected chi connectivity index (χ2v) is 9.30. The predicted molar refractivity (Wildman–Crippen MR) is 138 cm³/mol. The van der Waals surface area contributed by atoms with Crippen molar-refractivity contribution >= 4 is 17.1 Å². The average Bonchev–Trinajstić information content (AvgIpc) is 3.11. The van der Waals surface area contributed by atoms with Crippen LogP contribution in [0.3, 0.4) is 0 Å². The smallest absolute Gasteiger partial charge is 0.277 e. The molecule has 0 spiro atoms. The number of aryl methyl sites for hydroxylation is 4. The van der Waals surface area contributed by atoms with Crippen molar-refractivity contribution in [2.24, 2.45) is 0 Å². The Bertz CT molecular complexity index is 1400. The number of nitrogen functional groups attached to an aromatic ring is 2. The Hall–Kier alpha value is -4.12. The lowest BCUT2D eigenvalue weighted by atomic mass is 9.66. The molecule has 1 aliphatic rings. The Labute approximate surface area is 199 Å². The third kappa shape index (κ3) is 2.80. The molecule has 0 amide bonds. The largest absolute Gasteiger partial charge is 0.398 e. The number of rotatable bonds is 3. The van der Waals surface area contributed by atoms with Crippen molar-refractivity contribution in [3.8, 4) is 11.1 Å². The molecule has 5 nitrogen and oxygen atoms in total. The maximum Gasteiger partial charge on any atom is 0.277 e. The molecule has 0 radical (unpaired) electrons. The van der Waals surface area contributed by atoms with E-state index in [0.717, 1.165) is 61.4 Å². The quantitative estimate of drug-likeness (QED) is 0.190. The zero-order chi connectivity index (χ0) is 24.4. The summed E-state index contributed by atoms with van der Waals surface area (Å²) in [6.07, 6.45) is 0. The monoisotopic (exact) mass is 449 g/mol. The van der Waals surface area contributed by atoms with Crippen molar-refractivity contribution in [3.05, 3.63) is 121 Å². The van der Waals surface area contributed by atoms with Crippen LogP contribution in [0.2, 0.25) is 0 Å². The number of hydrogen-bond acceptors (Lipinski definition) is 4. The minimum absolute atomic E-state index is 0.111. The Morgan fingerprint density at radius 3 is 1.68 bits per heavy atom. The summed E-state index contributed by atoms with van der Waals surface area (Å²) in [7, 11) is 0. The minimum atomic E-state index is -0.746. The molecule has 1 aliphatic carbocycles. The number of nitro benzene ring substituents is 1. The van der Waals surface area contributed by atoms with Gasteiger partial charge in [-0.3, -0.25) is 10.1 Å². The summed E-state index contributed by atoms with van der Waals surface area (Å²) in [6, 6.07) is 21.9. The highest BCUT2D eigenvalue weighted by Crippen LogP contribution is 2.58. The molecule has 4 aromatic rings. The van der Waals surface area contributed by atoms with Gasteiger partial charge in [-0.1, -0.05) is 60.7 Å². The summed E-state index contributed by atoms with van der Waals surface area (Å²) in [5.41, 5.74) is 23.0. The topological polar surface area (TPSA) is 95.2 Å².